The Labute approximate surface area is 151 Å². The van der Waals surface area contributed by atoms with Crippen LogP contribution in [0.3, 0.4) is 0 Å². The highest BCUT2D eigenvalue weighted by molar-refractivity contribution is 7.09. The molecule has 10 heteroatoms. The fourth-order valence-corrected chi connectivity index (χ4v) is 4.25. The van der Waals surface area contributed by atoms with Crippen LogP contribution in [0.5, 0.6) is 0 Å². The zero-order chi connectivity index (χ0) is 18.3. The van der Waals surface area contributed by atoms with Crippen LogP contribution in [0.25, 0.3) is 11.2 Å². The molecule has 3 aromatic heterocycles. The number of anilines is 1. The number of rotatable bonds is 3. The van der Waals surface area contributed by atoms with Gasteiger partial charge in [0.2, 0.25) is 5.82 Å². The van der Waals surface area contributed by atoms with Crippen molar-refractivity contribution in [2.75, 3.05) is 18.0 Å². The molecule has 0 radical (unpaired) electrons. The fraction of sp³-hybridized carbons (Fsp3) is 0.500. The second-order valence-corrected chi connectivity index (χ2v) is 7.18. The van der Waals surface area contributed by atoms with Crippen molar-refractivity contribution >= 4 is 28.3 Å². The van der Waals surface area contributed by atoms with E-state index in [9.17, 15) is 13.2 Å². The molecule has 138 valence electrons. The van der Waals surface area contributed by atoms with Gasteiger partial charge in [-0.3, -0.25) is 0 Å². The monoisotopic (exact) mass is 382 g/mol. The summed E-state index contributed by atoms with van der Waals surface area (Å²) in [5.74, 6) is -0.704. The number of aryl methyl sites for hydroxylation is 1. The Bertz CT molecular complexity index is 918. The van der Waals surface area contributed by atoms with Crippen molar-refractivity contribution in [1.29, 1.82) is 0 Å². The summed E-state index contributed by atoms with van der Waals surface area (Å²) in [6.07, 6.45) is -0.549. The van der Waals surface area contributed by atoms with Crippen LogP contribution >= 0.6 is 11.3 Å². The minimum absolute atomic E-state index is 0.0342. The zero-order valence-electron chi connectivity index (χ0n) is 14.0. The number of nitrogens with zero attached hydrogens (tertiary/aromatic N) is 5. The Morgan fingerprint density at radius 1 is 1.31 bits per heavy atom. The third-order valence-electron chi connectivity index (χ3n) is 4.52. The molecule has 26 heavy (non-hydrogen) atoms. The number of halogens is 3. The van der Waals surface area contributed by atoms with E-state index in [1.165, 1.54) is 6.33 Å². The van der Waals surface area contributed by atoms with Crippen molar-refractivity contribution in [3.8, 4) is 0 Å². The Morgan fingerprint density at radius 2 is 2.15 bits per heavy atom. The van der Waals surface area contributed by atoms with Gasteiger partial charge in [-0.25, -0.2) is 19.9 Å². The first-order valence-corrected chi connectivity index (χ1v) is 9.31. The third-order valence-corrected chi connectivity index (χ3v) is 5.58. The third kappa shape index (κ3) is 3.13. The van der Waals surface area contributed by atoms with Gasteiger partial charge < -0.3 is 9.88 Å². The first-order valence-electron chi connectivity index (χ1n) is 8.43. The number of alkyl halides is 3. The number of fused-ring (bicyclic) bond motifs is 1. The quantitative estimate of drug-likeness (QED) is 0.747. The van der Waals surface area contributed by atoms with Crippen molar-refractivity contribution in [1.82, 2.24) is 24.9 Å². The maximum absolute atomic E-state index is 13.2. The number of hydrogen-bond donors (Lipinski definition) is 1. The van der Waals surface area contributed by atoms with Gasteiger partial charge in [0, 0.05) is 24.4 Å². The van der Waals surface area contributed by atoms with Gasteiger partial charge in [0.05, 0.1) is 17.0 Å². The molecule has 1 fully saturated rings. The van der Waals surface area contributed by atoms with Crippen molar-refractivity contribution in [2.24, 2.45) is 0 Å². The molecule has 0 bridgehead atoms. The van der Waals surface area contributed by atoms with Crippen molar-refractivity contribution < 1.29 is 13.2 Å². The second-order valence-electron chi connectivity index (χ2n) is 6.29. The topological polar surface area (TPSA) is 70.6 Å². The number of hydrogen-bond acceptors (Lipinski definition) is 6. The lowest BCUT2D eigenvalue weighted by molar-refractivity contribution is -0.144. The van der Waals surface area contributed by atoms with Gasteiger partial charge in [0.15, 0.2) is 11.5 Å². The van der Waals surface area contributed by atoms with E-state index in [2.05, 4.69) is 31.8 Å². The van der Waals surface area contributed by atoms with Crippen LogP contribution in [-0.2, 0) is 12.6 Å². The molecule has 0 aliphatic carbocycles. The minimum Gasteiger partial charge on any atom is -0.354 e. The largest absolute Gasteiger partial charge is 0.451 e. The average Bonchev–Trinajstić information content (AvgIpc) is 3.29. The van der Waals surface area contributed by atoms with E-state index in [1.807, 2.05) is 10.3 Å². The number of imidazole rings is 1. The van der Waals surface area contributed by atoms with E-state index in [4.69, 9.17) is 0 Å². The van der Waals surface area contributed by atoms with Gasteiger partial charge >= 0.3 is 6.18 Å². The normalized spacial score (nSPS) is 18.6. The molecule has 6 nitrogen and oxygen atoms in total. The highest BCUT2D eigenvalue weighted by Gasteiger charge is 2.37. The first kappa shape index (κ1) is 17.2. The Balaban J connectivity index is 1.69. The summed E-state index contributed by atoms with van der Waals surface area (Å²) < 4.78 is 39.5. The molecule has 4 heterocycles. The standard InChI is InChI=1S/C16H17F3N6S/c1-2-10-7-26-14(22-10)9-4-3-5-25(6-9)13-11-12(21-8-20-11)23-15(24-13)16(17,18)19/h7-9H,2-6H2,1H3,(H,20,21,23,24). The molecular formula is C16H17F3N6S. The molecule has 0 spiro atoms. The smallest absolute Gasteiger partial charge is 0.354 e. The lowest BCUT2D eigenvalue weighted by Gasteiger charge is -2.33. The van der Waals surface area contributed by atoms with Gasteiger partial charge in [-0.15, -0.1) is 11.3 Å². The molecule has 1 aliphatic rings. The van der Waals surface area contributed by atoms with Crippen LogP contribution in [0.4, 0.5) is 19.0 Å². The van der Waals surface area contributed by atoms with Crippen LogP contribution in [0.1, 0.15) is 42.2 Å². The Kier molecular flexibility index (Phi) is 4.29. The lowest BCUT2D eigenvalue weighted by Crippen LogP contribution is -2.35. The van der Waals surface area contributed by atoms with Gasteiger partial charge in [-0.05, 0) is 19.3 Å². The van der Waals surface area contributed by atoms with Crippen molar-refractivity contribution in [2.45, 2.75) is 38.3 Å². The SMILES string of the molecule is CCc1csc(C2CCCN(c3nc(C(F)(F)F)nc4nc[nH]c34)C2)n1. The molecule has 0 aromatic carbocycles. The Morgan fingerprint density at radius 3 is 2.88 bits per heavy atom. The summed E-state index contributed by atoms with van der Waals surface area (Å²) in [7, 11) is 0. The number of thiazole rings is 1. The van der Waals surface area contributed by atoms with Gasteiger partial charge in [0.1, 0.15) is 5.52 Å². The van der Waals surface area contributed by atoms with Crippen LogP contribution in [0, 0.1) is 0 Å². The van der Waals surface area contributed by atoms with Gasteiger partial charge in [0.25, 0.3) is 0 Å². The number of nitrogens with one attached hydrogen (secondary N) is 1. The molecular weight excluding hydrogens is 365 g/mol. The highest BCUT2D eigenvalue weighted by Crippen LogP contribution is 2.35. The van der Waals surface area contributed by atoms with Crippen molar-refractivity contribution in [3.63, 3.8) is 0 Å². The average molecular weight is 382 g/mol. The van der Waals surface area contributed by atoms with Gasteiger partial charge in [-0.1, -0.05) is 6.92 Å². The molecule has 3 aromatic rings. The van der Waals surface area contributed by atoms with E-state index in [0.717, 1.165) is 30.0 Å². The maximum atomic E-state index is 13.2. The highest BCUT2D eigenvalue weighted by atomic mass is 32.1. The van der Waals surface area contributed by atoms with E-state index < -0.39 is 12.0 Å². The summed E-state index contributed by atoms with van der Waals surface area (Å²) in [5, 5.41) is 3.09. The summed E-state index contributed by atoms with van der Waals surface area (Å²) in [6, 6.07) is 0. The predicted molar refractivity (Wildman–Crippen MR) is 92.4 cm³/mol. The fourth-order valence-electron chi connectivity index (χ4n) is 3.22. The van der Waals surface area contributed by atoms with E-state index in [0.29, 0.717) is 18.6 Å². The van der Waals surface area contributed by atoms with Gasteiger partial charge in [-0.2, -0.15) is 13.2 Å². The molecule has 1 atom stereocenters. The summed E-state index contributed by atoms with van der Waals surface area (Å²) >= 11 is 1.62. The molecule has 0 amide bonds. The summed E-state index contributed by atoms with van der Waals surface area (Å²) in [4.78, 5) is 20.7. The van der Waals surface area contributed by atoms with Crippen LogP contribution < -0.4 is 4.90 Å². The summed E-state index contributed by atoms with van der Waals surface area (Å²) in [5.41, 5.74) is 1.53. The Hall–Kier alpha value is -2.23. The zero-order valence-corrected chi connectivity index (χ0v) is 14.9. The minimum atomic E-state index is -4.61. The molecule has 1 N–H and O–H groups in total. The summed E-state index contributed by atoms with van der Waals surface area (Å²) in [6.45, 7) is 3.28. The molecule has 1 unspecified atom stereocenters. The van der Waals surface area contributed by atoms with Crippen molar-refractivity contribution in [3.05, 3.63) is 28.2 Å². The van der Waals surface area contributed by atoms with Crippen LogP contribution in [0.2, 0.25) is 0 Å². The molecule has 1 saturated heterocycles. The molecule has 0 saturated carbocycles. The van der Waals surface area contributed by atoms with Crippen LogP contribution in [0.15, 0.2) is 11.7 Å². The molecule has 4 rings (SSSR count). The molecule has 1 aliphatic heterocycles. The van der Waals surface area contributed by atoms with E-state index in [-0.39, 0.29) is 17.4 Å². The maximum Gasteiger partial charge on any atom is 0.451 e. The first-order chi connectivity index (χ1) is 12.5. The second kappa shape index (κ2) is 6.49. The van der Waals surface area contributed by atoms with E-state index >= 15 is 0 Å². The predicted octanol–water partition coefficient (Wildman–Crippen LogP) is 3.77. The van der Waals surface area contributed by atoms with E-state index in [1.54, 1.807) is 11.3 Å². The lowest BCUT2D eigenvalue weighted by atomic mass is 9.98. The number of H-pyrrole nitrogens is 1. The van der Waals surface area contributed by atoms with Crippen LogP contribution in [-0.4, -0.2) is 38.0 Å². The number of piperidine rings is 1. The number of aromatic amines is 1. The number of aromatic nitrogens is 5.